The second-order valence-electron chi connectivity index (χ2n) is 4.83. The molecule has 2 rings (SSSR count). The van der Waals surface area contributed by atoms with Crippen LogP contribution in [0.25, 0.3) is 0 Å². The number of aromatic hydroxyl groups is 2. The number of benzene rings is 1. The number of amides is 1. The molecule has 0 saturated carbocycles. The van der Waals surface area contributed by atoms with Crippen molar-refractivity contribution in [1.82, 2.24) is 4.90 Å². The first-order valence-electron chi connectivity index (χ1n) is 6.41. The summed E-state index contributed by atoms with van der Waals surface area (Å²) >= 11 is 0. The molecule has 1 aliphatic rings. The lowest BCUT2D eigenvalue weighted by Gasteiger charge is -2.30. The lowest BCUT2D eigenvalue weighted by Crippen LogP contribution is -2.40. The van der Waals surface area contributed by atoms with Crippen molar-refractivity contribution in [2.75, 3.05) is 20.2 Å². The predicted molar refractivity (Wildman–Crippen MR) is 70.4 cm³/mol. The molecule has 1 fully saturated rings. The van der Waals surface area contributed by atoms with E-state index in [1.165, 1.54) is 25.3 Å². The molecule has 0 atom stereocenters. The summed E-state index contributed by atoms with van der Waals surface area (Å²) in [5.41, 5.74) is 0.235. The van der Waals surface area contributed by atoms with Crippen molar-refractivity contribution in [3.63, 3.8) is 0 Å². The molecule has 6 nitrogen and oxygen atoms in total. The molecule has 0 spiro atoms. The smallest absolute Gasteiger partial charge is 0.308 e. The fourth-order valence-corrected chi connectivity index (χ4v) is 2.39. The van der Waals surface area contributed by atoms with E-state index < -0.39 is 0 Å². The van der Waals surface area contributed by atoms with Crippen molar-refractivity contribution in [1.29, 1.82) is 0 Å². The van der Waals surface area contributed by atoms with Crippen LogP contribution < -0.4 is 0 Å². The highest BCUT2D eigenvalue weighted by Crippen LogP contribution is 2.24. The van der Waals surface area contributed by atoms with Gasteiger partial charge >= 0.3 is 5.97 Å². The largest absolute Gasteiger partial charge is 0.508 e. The van der Waals surface area contributed by atoms with Crippen LogP contribution in [0.5, 0.6) is 11.5 Å². The van der Waals surface area contributed by atoms with Crippen LogP contribution in [-0.2, 0) is 9.53 Å². The Morgan fingerprint density at radius 3 is 2.20 bits per heavy atom. The molecule has 108 valence electrons. The molecule has 0 unspecified atom stereocenters. The number of likely N-dealkylation sites (tertiary alicyclic amines) is 1. The SMILES string of the molecule is COC(=O)C1CCN(C(=O)c2cc(O)cc(O)c2)CC1. The Balaban J connectivity index is 2.03. The minimum Gasteiger partial charge on any atom is -0.508 e. The van der Waals surface area contributed by atoms with Crippen molar-refractivity contribution in [2.24, 2.45) is 5.92 Å². The lowest BCUT2D eigenvalue weighted by molar-refractivity contribution is -0.146. The number of phenols is 2. The summed E-state index contributed by atoms with van der Waals surface area (Å²) in [7, 11) is 1.36. The van der Waals surface area contributed by atoms with E-state index in [0.29, 0.717) is 25.9 Å². The van der Waals surface area contributed by atoms with Gasteiger partial charge in [-0.2, -0.15) is 0 Å². The number of nitrogens with zero attached hydrogens (tertiary/aromatic N) is 1. The van der Waals surface area contributed by atoms with Gasteiger partial charge in [0.2, 0.25) is 0 Å². The van der Waals surface area contributed by atoms with Crippen LogP contribution in [0.4, 0.5) is 0 Å². The molecular weight excluding hydrogens is 262 g/mol. The molecule has 0 radical (unpaired) electrons. The quantitative estimate of drug-likeness (QED) is 0.792. The summed E-state index contributed by atoms with van der Waals surface area (Å²) < 4.78 is 4.69. The molecule has 0 aromatic heterocycles. The number of rotatable bonds is 2. The van der Waals surface area contributed by atoms with Crippen molar-refractivity contribution >= 4 is 11.9 Å². The highest BCUT2D eigenvalue weighted by atomic mass is 16.5. The summed E-state index contributed by atoms with van der Waals surface area (Å²) in [5, 5.41) is 18.8. The van der Waals surface area contributed by atoms with Crippen LogP contribution in [0.1, 0.15) is 23.2 Å². The highest BCUT2D eigenvalue weighted by molar-refractivity contribution is 5.95. The standard InChI is InChI=1S/C14H17NO5/c1-20-14(19)9-2-4-15(5-3-9)13(18)10-6-11(16)8-12(17)7-10/h6-9,16-17H,2-5H2,1H3. The number of piperidine rings is 1. The van der Waals surface area contributed by atoms with Gasteiger partial charge in [-0.05, 0) is 25.0 Å². The Kier molecular flexibility index (Phi) is 4.12. The Morgan fingerprint density at radius 1 is 1.15 bits per heavy atom. The average Bonchev–Trinajstić information content (AvgIpc) is 2.45. The number of hydrogen-bond acceptors (Lipinski definition) is 5. The van der Waals surface area contributed by atoms with Gasteiger partial charge in [0.05, 0.1) is 13.0 Å². The zero-order chi connectivity index (χ0) is 14.7. The van der Waals surface area contributed by atoms with Crippen LogP contribution >= 0.6 is 0 Å². The minimum absolute atomic E-state index is 0.155. The predicted octanol–water partition coefficient (Wildman–Crippen LogP) is 1.12. The fraction of sp³-hybridized carbons (Fsp3) is 0.429. The molecular formula is C14H17NO5. The normalized spacial score (nSPS) is 15.9. The number of hydrogen-bond donors (Lipinski definition) is 2. The van der Waals surface area contributed by atoms with Gasteiger partial charge in [0.1, 0.15) is 11.5 Å². The van der Waals surface area contributed by atoms with E-state index in [9.17, 15) is 19.8 Å². The Hall–Kier alpha value is -2.24. The van der Waals surface area contributed by atoms with E-state index in [0.717, 1.165) is 0 Å². The van der Waals surface area contributed by atoms with E-state index in [1.807, 2.05) is 0 Å². The first-order chi connectivity index (χ1) is 9.51. The number of carbonyl (C=O) groups excluding carboxylic acids is 2. The summed E-state index contributed by atoms with van der Waals surface area (Å²) in [5.74, 6) is -0.983. The van der Waals surface area contributed by atoms with Gasteiger partial charge in [-0.15, -0.1) is 0 Å². The Labute approximate surface area is 116 Å². The molecule has 20 heavy (non-hydrogen) atoms. The number of methoxy groups -OCH3 is 1. The van der Waals surface area contributed by atoms with E-state index in [-0.39, 0.29) is 34.9 Å². The number of esters is 1. The molecule has 0 aliphatic carbocycles. The molecule has 1 aliphatic heterocycles. The highest BCUT2D eigenvalue weighted by Gasteiger charge is 2.28. The average molecular weight is 279 g/mol. The van der Waals surface area contributed by atoms with Gasteiger partial charge in [0.15, 0.2) is 0 Å². The maximum Gasteiger partial charge on any atom is 0.308 e. The van der Waals surface area contributed by atoms with E-state index in [4.69, 9.17) is 4.74 Å². The van der Waals surface area contributed by atoms with Crippen molar-refractivity contribution < 1.29 is 24.5 Å². The van der Waals surface area contributed by atoms with E-state index in [2.05, 4.69) is 0 Å². The number of phenolic OH excluding ortho intramolecular Hbond substituents is 2. The molecule has 1 heterocycles. The zero-order valence-electron chi connectivity index (χ0n) is 11.2. The molecule has 0 bridgehead atoms. The number of ether oxygens (including phenoxy) is 1. The summed E-state index contributed by atoms with van der Waals surface area (Å²) in [6, 6.07) is 3.79. The van der Waals surface area contributed by atoms with Crippen LogP contribution in [0.2, 0.25) is 0 Å². The Bertz CT molecular complexity index is 500. The van der Waals surface area contributed by atoms with Crippen LogP contribution in [0, 0.1) is 5.92 Å². The maximum atomic E-state index is 12.2. The maximum absolute atomic E-state index is 12.2. The zero-order valence-corrected chi connectivity index (χ0v) is 11.2. The first kappa shape index (κ1) is 14.2. The van der Waals surface area contributed by atoms with Crippen molar-refractivity contribution in [3.8, 4) is 11.5 Å². The van der Waals surface area contributed by atoms with Crippen molar-refractivity contribution in [3.05, 3.63) is 23.8 Å². The first-order valence-corrected chi connectivity index (χ1v) is 6.41. The third-order valence-electron chi connectivity index (χ3n) is 3.47. The van der Waals surface area contributed by atoms with Gasteiger partial charge in [0, 0.05) is 24.7 Å². The topological polar surface area (TPSA) is 87.1 Å². The molecule has 1 aromatic rings. The van der Waals surface area contributed by atoms with Gasteiger partial charge < -0.3 is 19.8 Å². The van der Waals surface area contributed by atoms with E-state index >= 15 is 0 Å². The summed E-state index contributed by atoms with van der Waals surface area (Å²) in [4.78, 5) is 25.3. The van der Waals surface area contributed by atoms with Gasteiger partial charge in [-0.3, -0.25) is 9.59 Å². The van der Waals surface area contributed by atoms with Crippen molar-refractivity contribution in [2.45, 2.75) is 12.8 Å². The Morgan fingerprint density at radius 2 is 1.70 bits per heavy atom. The second-order valence-corrected chi connectivity index (χ2v) is 4.83. The van der Waals surface area contributed by atoms with Gasteiger partial charge in [-0.25, -0.2) is 0 Å². The van der Waals surface area contributed by atoms with Crippen LogP contribution in [-0.4, -0.2) is 47.2 Å². The van der Waals surface area contributed by atoms with Gasteiger partial charge in [0.25, 0.3) is 5.91 Å². The molecule has 1 amide bonds. The summed E-state index contributed by atoms with van der Waals surface area (Å²) in [6.45, 7) is 0.907. The molecule has 2 N–H and O–H groups in total. The fourth-order valence-electron chi connectivity index (χ4n) is 2.39. The monoisotopic (exact) mass is 279 g/mol. The minimum atomic E-state index is -0.264. The molecule has 1 aromatic carbocycles. The van der Waals surface area contributed by atoms with Crippen LogP contribution in [0.3, 0.4) is 0 Å². The summed E-state index contributed by atoms with van der Waals surface area (Å²) in [6.07, 6.45) is 1.12. The number of carbonyl (C=O) groups is 2. The molecule has 1 saturated heterocycles. The van der Waals surface area contributed by atoms with Crippen LogP contribution in [0.15, 0.2) is 18.2 Å². The lowest BCUT2D eigenvalue weighted by atomic mass is 9.96. The molecule has 6 heteroatoms. The third kappa shape index (κ3) is 3.01. The van der Waals surface area contributed by atoms with E-state index in [1.54, 1.807) is 4.90 Å². The van der Waals surface area contributed by atoms with Gasteiger partial charge in [-0.1, -0.05) is 0 Å². The third-order valence-corrected chi connectivity index (χ3v) is 3.47. The second kappa shape index (κ2) is 5.81.